The van der Waals surface area contributed by atoms with Gasteiger partial charge < -0.3 is 20.7 Å². The lowest BCUT2D eigenvalue weighted by Gasteiger charge is -2.31. The van der Waals surface area contributed by atoms with Crippen molar-refractivity contribution in [3.05, 3.63) is 24.3 Å². The van der Waals surface area contributed by atoms with E-state index in [1.54, 1.807) is 7.11 Å². The van der Waals surface area contributed by atoms with Crippen molar-refractivity contribution in [1.29, 1.82) is 0 Å². The first-order valence-corrected chi connectivity index (χ1v) is 9.00. The lowest BCUT2D eigenvalue weighted by atomic mass is 9.96. The highest BCUT2D eigenvalue weighted by Gasteiger charge is 2.18. The second kappa shape index (κ2) is 11.6. The molecule has 0 radical (unpaired) electrons. The molecule has 5 nitrogen and oxygen atoms in total. The predicted molar refractivity (Wildman–Crippen MR) is 117 cm³/mol. The number of piperidine rings is 1. The Bertz CT molecular complexity index is 528. The maximum atomic E-state index is 6.01. The standard InChI is InChI=1S/C19H32N4O.HI/c1-15(2)7-10-23-11-8-16(9-12-23)14-21-19(20)22-17-5-4-6-18(13-17)24-3;/h4-6,13,15-16H,7-12,14H2,1-3H3,(H3,20,21,22);1H. The Labute approximate surface area is 169 Å². The fraction of sp³-hybridized carbons (Fsp3) is 0.632. The number of nitrogens with zero attached hydrogens (tertiary/aromatic N) is 2. The number of halogens is 1. The molecule has 25 heavy (non-hydrogen) atoms. The number of likely N-dealkylation sites (tertiary alicyclic amines) is 1. The van der Waals surface area contributed by atoms with Crippen molar-refractivity contribution in [3.8, 4) is 5.75 Å². The molecule has 0 unspecified atom stereocenters. The van der Waals surface area contributed by atoms with Crippen LogP contribution in [0.25, 0.3) is 0 Å². The second-order valence-corrected chi connectivity index (χ2v) is 7.05. The number of benzene rings is 1. The number of nitrogens with two attached hydrogens (primary N) is 1. The molecule has 0 saturated carbocycles. The average molecular weight is 460 g/mol. The zero-order valence-corrected chi connectivity index (χ0v) is 18.0. The van der Waals surface area contributed by atoms with Gasteiger partial charge in [0.05, 0.1) is 7.11 Å². The van der Waals surface area contributed by atoms with Crippen LogP contribution in [0.15, 0.2) is 29.3 Å². The van der Waals surface area contributed by atoms with Gasteiger partial charge >= 0.3 is 0 Å². The van der Waals surface area contributed by atoms with Crippen molar-refractivity contribution in [2.75, 3.05) is 38.6 Å². The van der Waals surface area contributed by atoms with E-state index in [-0.39, 0.29) is 24.0 Å². The second-order valence-electron chi connectivity index (χ2n) is 7.05. The summed E-state index contributed by atoms with van der Waals surface area (Å²) in [7, 11) is 1.66. The van der Waals surface area contributed by atoms with Gasteiger partial charge in [0.15, 0.2) is 5.96 Å². The third kappa shape index (κ3) is 8.27. The maximum absolute atomic E-state index is 6.01. The van der Waals surface area contributed by atoms with Crippen LogP contribution in [0, 0.1) is 11.8 Å². The van der Waals surface area contributed by atoms with E-state index in [1.807, 2.05) is 24.3 Å². The summed E-state index contributed by atoms with van der Waals surface area (Å²) in [6, 6.07) is 7.71. The van der Waals surface area contributed by atoms with Gasteiger partial charge in [-0.2, -0.15) is 0 Å². The lowest BCUT2D eigenvalue weighted by Crippen LogP contribution is -2.36. The number of hydrogen-bond acceptors (Lipinski definition) is 3. The summed E-state index contributed by atoms with van der Waals surface area (Å²) >= 11 is 0. The van der Waals surface area contributed by atoms with Gasteiger partial charge in [-0.05, 0) is 62.9 Å². The van der Waals surface area contributed by atoms with E-state index in [9.17, 15) is 0 Å². The minimum atomic E-state index is 0. The summed E-state index contributed by atoms with van der Waals surface area (Å²) in [5.74, 6) is 2.72. The topological polar surface area (TPSA) is 62.9 Å². The molecule has 1 aliphatic heterocycles. The summed E-state index contributed by atoms with van der Waals surface area (Å²) in [6.07, 6.45) is 3.72. The summed E-state index contributed by atoms with van der Waals surface area (Å²) in [4.78, 5) is 7.10. The summed E-state index contributed by atoms with van der Waals surface area (Å²) in [6.45, 7) is 9.00. The summed E-state index contributed by atoms with van der Waals surface area (Å²) in [5.41, 5.74) is 6.91. The normalized spacial score (nSPS) is 16.6. The SMILES string of the molecule is COc1cccc(NC(N)=NCC2CCN(CCC(C)C)CC2)c1.I. The quantitative estimate of drug-likeness (QED) is 0.369. The van der Waals surface area contributed by atoms with E-state index >= 15 is 0 Å². The average Bonchev–Trinajstić information content (AvgIpc) is 2.59. The van der Waals surface area contributed by atoms with Gasteiger partial charge in [0.1, 0.15) is 5.75 Å². The molecule has 1 fully saturated rings. The van der Waals surface area contributed by atoms with Crippen LogP contribution < -0.4 is 15.8 Å². The Hall–Kier alpha value is -1.02. The Morgan fingerprint density at radius 2 is 2.08 bits per heavy atom. The number of hydrogen-bond donors (Lipinski definition) is 2. The molecule has 142 valence electrons. The fourth-order valence-electron chi connectivity index (χ4n) is 2.95. The third-order valence-electron chi connectivity index (χ3n) is 4.59. The molecule has 1 aromatic carbocycles. The number of guanidine groups is 1. The zero-order valence-electron chi connectivity index (χ0n) is 15.7. The Morgan fingerprint density at radius 1 is 1.36 bits per heavy atom. The Morgan fingerprint density at radius 3 is 2.72 bits per heavy atom. The molecule has 0 bridgehead atoms. The van der Waals surface area contributed by atoms with Crippen molar-refractivity contribution >= 4 is 35.6 Å². The molecule has 2 rings (SSSR count). The van der Waals surface area contributed by atoms with Gasteiger partial charge in [-0.1, -0.05) is 19.9 Å². The molecular weight excluding hydrogens is 427 g/mol. The molecule has 1 heterocycles. The van der Waals surface area contributed by atoms with Crippen LogP contribution in [-0.4, -0.2) is 44.1 Å². The molecule has 0 spiro atoms. The van der Waals surface area contributed by atoms with Gasteiger partial charge in [-0.3, -0.25) is 4.99 Å². The minimum Gasteiger partial charge on any atom is -0.497 e. The van der Waals surface area contributed by atoms with Crippen LogP contribution in [-0.2, 0) is 0 Å². The number of rotatable bonds is 7. The van der Waals surface area contributed by atoms with Gasteiger partial charge in [-0.15, -0.1) is 24.0 Å². The van der Waals surface area contributed by atoms with E-state index < -0.39 is 0 Å². The van der Waals surface area contributed by atoms with Crippen molar-refractivity contribution in [3.63, 3.8) is 0 Å². The molecule has 1 aliphatic rings. The third-order valence-corrected chi connectivity index (χ3v) is 4.59. The number of methoxy groups -OCH3 is 1. The number of anilines is 1. The van der Waals surface area contributed by atoms with E-state index in [1.165, 1.54) is 38.9 Å². The monoisotopic (exact) mass is 460 g/mol. The van der Waals surface area contributed by atoms with Crippen molar-refractivity contribution < 1.29 is 4.74 Å². The minimum absolute atomic E-state index is 0. The molecule has 0 aliphatic carbocycles. The molecule has 1 saturated heterocycles. The smallest absolute Gasteiger partial charge is 0.193 e. The van der Waals surface area contributed by atoms with E-state index in [0.29, 0.717) is 11.9 Å². The number of ether oxygens (including phenoxy) is 1. The van der Waals surface area contributed by atoms with E-state index in [4.69, 9.17) is 10.5 Å². The molecule has 3 N–H and O–H groups in total. The van der Waals surface area contributed by atoms with Crippen LogP contribution in [0.5, 0.6) is 5.75 Å². The fourth-order valence-corrected chi connectivity index (χ4v) is 2.95. The van der Waals surface area contributed by atoms with E-state index in [0.717, 1.165) is 23.9 Å². The Kier molecular flexibility index (Phi) is 10.2. The predicted octanol–water partition coefficient (Wildman–Crippen LogP) is 3.80. The first kappa shape index (κ1) is 22.0. The van der Waals surface area contributed by atoms with Crippen LogP contribution in [0.2, 0.25) is 0 Å². The van der Waals surface area contributed by atoms with Gasteiger partial charge in [0.2, 0.25) is 0 Å². The van der Waals surface area contributed by atoms with Crippen molar-refractivity contribution in [2.45, 2.75) is 33.1 Å². The first-order chi connectivity index (χ1) is 11.6. The van der Waals surface area contributed by atoms with Crippen LogP contribution in [0.3, 0.4) is 0 Å². The van der Waals surface area contributed by atoms with Crippen LogP contribution in [0.4, 0.5) is 5.69 Å². The number of nitrogens with one attached hydrogen (secondary N) is 1. The molecule has 6 heteroatoms. The maximum Gasteiger partial charge on any atom is 0.193 e. The van der Waals surface area contributed by atoms with Crippen LogP contribution in [0.1, 0.15) is 33.1 Å². The van der Waals surface area contributed by atoms with Gasteiger partial charge in [0.25, 0.3) is 0 Å². The molecule has 0 atom stereocenters. The first-order valence-electron chi connectivity index (χ1n) is 9.00. The van der Waals surface area contributed by atoms with Gasteiger partial charge in [-0.25, -0.2) is 0 Å². The molecule has 0 aromatic heterocycles. The Balaban J connectivity index is 0.00000312. The van der Waals surface area contributed by atoms with E-state index in [2.05, 4.69) is 29.1 Å². The van der Waals surface area contributed by atoms with Gasteiger partial charge in [0, 0.05) is 18.3 Å². The number of aliphatic imine (C=N–C) groups is 1. The summed E-state index contributed by atoms with van der Waals surface area (Å²) in [5, 5.41) is 3.14. The molecular formula is C19H33IN4O. The molecule has 0 amide bonds. The highest BCUT2D eigenvalue weighted by atomic mass is 127. The largest absolute Gasteiger partial charge is 0.497 e. The highest BCUT2D eigenvalue weighted by molar-refractivity contribution is 14.0. The zero-order chi connectivity index (χ0) is 17.4. The van der Waals surface area contributed by atoms with Crippen LogP contribution >= 0.6 is 24.0 Å². The van der Waals surface area contributed by atoms with Crippen molar-refractivity contribution in [2.24, 2.45) is 22.6 Å². The summed E-state index contributed by atoms with van der Waals surface area (Å²) < 4.78 is 5.21. The molecule has 1 aromatic rings. The lowest BCUT2D eigenvalue weighted by molar-refractivity contribution is 0.180. The highest BCUT2D eigenvalue weighted by Crippen LogP contribution is 2.19. The van der Waals surface area contributed by atoms with Crippen molar-refractivity contribution in [1.82, 2.24) is 4.90 Å².